The topological polar surface area (TPSA) is 12.5 Å². The van der Waals surface area contributed by atoms with Crippen molar-refractivity contribution in [1.82, 2.24) is 4.90 Å². The third-order valence-corrected chi connectivity index (χ3v) is 7.26. The first kappa shape index (κ1) is 21.7. The lowest BCUT2D eigenvalue weighted by atomic mass is 9.85. The normalized spacial score (nSPS) is 16.5. The minimum atomic E-state index is 0.467. The number of hydrogen-bond donors (Lipinski definition) is 0. The van der Waals surface area contributed by atoms with Gasteiger partial charge in [-0.05, 0) is 35.8 Å². The molecule has 2 radical (unpaired) electrons. The maximum atomic E-state index is 6.25. The lowest BCUT2D eigenvalue weighted by Gasteiger charge is -2.29. The Bertz CT molecular complexity index is 517. The standard InChI is InChI=1S/C23H39NOSi/c1-5-7-13-23(3,4)14-18-26-22(6-2)25-17-16-24-15-12-20-10-8-9-11-21(20)19-24/h8-11,22H,5-7,12-19H2,1-4H3. The molecule has 0 aliphatic carbocycles. The summed E-state index contributed by atoms with van der Waals surface area (Å²) in [5, 5.41) is 0. The van der Waals surface area contributed by atoms with Crippen LogP contribution in [-0.2, 0) is 17.7 Å². The fourth-order valence-electron chi connectivity index (χ4n) is 3.74. The maximum Gasteiger partial charge on any atom is 0.0778 e. The van der Waals surface area contributed by atoms with Crippen molar-refractivity contribution in [2.75, 3.05) is 19.7 Å². The molecule has 1 atom stereocenters. The molecule has 26 heavy (non-hydrogen) atoms. The van der Waals surface area contributed by atoms with E-state index in [1.54, 1.807) is 0 Å². The smallest absolute Gasteiger partial charge is 0.0778 e. The van der Waals surface area contributed by atoms with Crippen LogP contribution in [0.25, 0.3) is 0 Å². The first-order valence-electron chi connectivity index (χ1n) is 10.7. The summed E-state index contributed by atoms with van der Waals surface area (Å²) in [7, 11) is 0.951. The molecular formula is C23H39NOSi. The van der Waals surface area contributed by atoms with Crippen molar-refractivity contribution in [3.63, 3.8) is 0 Å². The minimum Gasteiger partial charge on any atom is -0.381 e. The zero-order valence-electron chi connectivity index (χ0n) is 17.5. The van der Waals surface area contributed by atoms with E-state index in [1.807, 2.05) is 0 Å². The predicted octanol–water partition coefficient (Wildman–Crippen LogP) is 5.53. The second-order valence-electron chi connectivity index (χ2n) is 8.53. The highest BCUT2D eigenvalue weighted by atomic mass is 28.2. The van der Waals surface area contributed by atoms with Gasteiger partial charge in [-0.25, -0.2) is 0 Å². The highest BCUT2D eigenvalue weighted by Crippen LogP contribution is 2.29. The minimum absolute atomic E-state index is 0.467. The number of unbranched alkanes of at least 4 members (excludes halogenated alkanes) is 1. The SMILES string of the molecule is CCCCC(C)(C)CC[Si]C(CC)OCCN1CCc2ccccc2C1. The molecule has 0 N–H and O–H groups in total. The Balaban J connectivity index is 1.63. The van der Waals surface area contributed by atoms with Gasteiger partial charge in [0.2, 0.25) is 0 Å². The number of benzene rings is 1. The summed E-state index contributed by atoms with van der Waals surface area (Å²) in [4.78, 5) is 2.55. The van der Waals surface area contributed by atoms with Gasteiger partial charge in [-0.15, -0.1) is 0 Å². The van der Waals surface area contributed by atoms with Gasteiger partial charge < -0.3 is 4.74 Å². The molecule has 2 nitrogen and oxygen atoms in total. The largest absolute Gasteiger partial charge is 0.381 e. The van der Waals surface area contributed by atoms with Crippen molar-refractivity contribution < 1.29 is 4.74 Å². The van der Waals surface area contributed by atoms with Crippen molar-refractivity contribution in [2.45, 2.75) is 84.5 Å². The fraction of sp³-hybridized carbons (Fsp3) is 0.739. The first-order chi connectivity index (χ1) is 12.5. The maximum absolute atomic E-state index is 6.25. The third-order valence-electron chi connectivity index (χ3n) is 5.69. The van der Waals surface area contributed by atoms with Crippen LogP contribution in [0.5, 0.6) is 0 Å². The number of ether oxygens (including phenoxy) is 1. The second kappa shape index (κ2) is 11.3. The first-order valence-corrected chi connectivity index (χ1v) is 12.0. The molecule has 1 heterocycles. The average Bonchev–Trinajstić information content (AvgIpc) is 2.65. The summed E-state index contributed by atoms with van der Waals surface area (Å²) in [6, 6.07) is 10.2. The van der Waals surface area contributed by atoms with Gasteiger partial charge in [0, 0.05) is 25.4 Å². The highest BCUT2D eigenvalue weighted by Gasteiger charge is 2.19. The van der Waals surface area contributed by atoms with Gasteiger partial charge in [-0.2, -0.15) is 0 Å². The summed E-state index contributed by atoms with van der Waals surface area (Å²) in [6.07, 6.45) is 7.71. The van der Waals surface area contributed by atoms with Crippen LogP contribution in [-0.4, -0.2) is 39.8 Å². The molecule has 1 aliphatic heterocycles. The third kappa shape index (κ3) is 7.54. The Hall–Kier alpha value is -0.643. The van der Waals surface area contributed by atoms with Crippen LogP contribution in [0.4, 0.5) is 0 Å². The van der Waals surface area contributed by atoms with Crippen LogP contribution in [0, 0.1) is 5.41 Å². The van der Waals surface area contributed by atoms with Gasteiger partial charge in [0.1, 0.15) is 0 Å². The summed E-state index contributed by atoms with van der Waals surface area (Å²) >= 11 is 0. The molecule has 1 aliphatic rings. The van der Waals surface area contributed by atoms with Gasteiger partial charge in [-0.3, -0.25) is 4.90 Å². The molecule has 146 valence electrons. The van der Waals surface area contributed by atoms with E-state index < -0.39 is 0 Å². The van der Waals surface area contributed by atoms with Gasteiger partial charge in [0.25, 0.3) is 0 Å². The molecular weight excluding hydrogens is 334 g/mol. The van der Waals surface area contributed by atoms with Crippen molar-refractivity contribution in [3.8, 4) is 0 Å². The summed E-state index contributed by atoms with van der Waals surface area (Å²) in [6.45, 7) is 13.6. The van der Waals surface area contributed by atoms with Crippen molar-refractivity contribution in [3.05, 3.63) is 35.4 Å². The molecule has 0 fully saturated rings. The van der Waals surface area contributed by atoms with Gasteiger partial charge >= 0.3 is 0 Å². The summed E-state index contributed by atoms with van der Waals surface area (Å²) < 4.78 is 6.25. The molecule has 0 aromatic heterocycles. The van der Waals surface area contributed by atoms with Crippen LogP contribution in [0.15, 0.2) is 24.3 Å². The monoisotopic (exact) mass is 373 g/mol. The van der Waals surface area contributed by atoms with E-state index in [2.05, 4.69) is 56.9 Å². The van der Waals surface area contributed by atoms with E-state index in [0.29, 0.717) is 11.1 Å². The number of nitrogens with zero attached hydrogens (tertiary/aromatic N) is 1. The zero-order chi connectivity index (χ0) is 18.8. The molecule has 1 aromatic carbocycles. The Morgan fingerprint density at radius 1 is 1.15 bits per heavy atom. The lowest BCUT2D eigenvalue weighted by Crippen LogP contribution is -2.34. The van der Waals surface area contributed by atoms with Crippen LogP contribution in [0.2, 0.25) is 6.04 Å². The lowest BCUT2D eigenvalue weighted by molar-refractivity contribution is 0.0746. The second-order valence-corrected chi connectivity index (χ2v) is 10.1. The molecule has 0 saturated carbocycles. The van der Waals surface area contributed by atoms with Crippen molar-refractivity contribution in [2.24, 2.45) is 5.41 Å². The average molecular weight is 374 g/mol. The van der Waals surface area contributed by atoms with Gasteiger partial charge in [0.05, 0.1) is 16.1 Å². The molecule has 0 amide bonds. The number of fused-ring (bicyclic) bond motifs is 1. The molecule has 1 unspecified atom stereocenters. The van der Waals surface area contributed by atoms with Crippen molar-refractivity contribution >= 4 is 9.52 Å². The van der Waals surface area contributed by atoms with Gasteiger partial charge in [-0.1, -0.05) is 77.3 Å². The quantitative estimate of drug-likeness (QED) is 0.447. The Kier molecular flexibility index (Phi) is 9.38. The van der Waals surface area contributed by atoms with E-state index in [0.717, 1.165) is 35.6 Å². The van der Waals surface area contributed by atoms with Crippen LogP contribution < -0.4 is 0 Å². The van der Waals surface area contributed by atoms with Crippen LogP contribution in [0.3, 0.4) is 0 Å². The Labute approximate surface area is 164 Å². The van der Waals surface area contributed by atoms with Gasteiger partial charge in [0.15, 0.2) is 0 Å². The van der Waals surface area contributed by atoms with Crippen LogP contribution in [0.1, 0.15) is 70.9 Å². The summed E-state index contributed by atoms with van der Waals surface area (Å²) in [5.74, 6) is 0. The predicted molar refractivity (Wildman–Crippen MR) is 114 cm³/mol. The molecule has 1 aromatic rings. The molecule has 3 heteroatoms. The van der Waals surface area contributed by atoms with E-state index >= 15 is 0 Å². The van der Waals surface area contributed by atoms with Crippen molar-refractivity contribution in [1.29, 1.82) is 0 Å². The van der Waals surface area contributed by atoms with E-state index in [-0.39, 0.29) is 0 Å². The van der Waals surface area contributed by atoms with E-state index in [9.17, 15) is 0 Å². The van der Waals surface area contributed by atoms with E-state index in [1.165, 1.54) is 55.8 Å². The zero-order valence-corrected chi connectivity index (χ0v) is 18.5. The molecule has 0 spiro atoms. The molecule has 0 bridgehead atoms. The Morgan fingerprint density at radius 2 is 1.92 bits per heavy atom. The number of rotatable bonds is 12. The highest BCUT2D eigenvalue weighted by molar-refractivity contribution is 6.37. The Morgan fingerprint density at radius 3 is 2.65 bits per heavy atom. The molecule has 2 rings (SSSR count). The summed E-state index contributed by atoms with van der Waals surface area (Å²) in [5.41, 5.74) is 4.00. The number of hydrogen-bond acceptors (Lipinski definition) is 2. The van der Waals surface area contributed by atoms with E-state index in [4.69, 9.17) is 4.74 Å². The fourth-order valence-corrected chi connectivity index (χ4v) is 5.41. The molecule has 0 saturated heterocycles. The van der Waals surface area contributed by atoms with Crippen LogP contribution >= 0.6 is 0 Å².